The zero-order valence-corrected chi connectivity index (χ0v) is 17.7. The highest BCUT2D eigenvalue weighted by Crippen LogP contribution is 2.29. The van der Waals surface area contributed by atoms with Crippen molar-refractivity contribution in [2.75, 3.05) is 18.1 Å². The SMILES string of the molecule is O=C(COc1ccc(Cl)cc1)NC(C(=O)N1CCCc2ccccc21)c1ccccc1. The van der Waals surface area contributed by atoms with E-state index in [4.69, 9.17) is 16.3 Å². The van der Waals surface area contributed by atoms with E-state index in [1.54, 1.807) is 29.2 Å². The van der Waals surface area contributed by atoms with E-state index >= 15 is 0 Å². The molecule has 5 nitrogen and oxygen atoms in total. The van der Waals surface area contributed by atoms with Gasteiger partial charge in [-0.1, -0.05) is 60.1 Å². The molecule has 0 saturated heterocycles. The van der Waals surface area contributed by atoms with Gasteiger partial charge in [-0.3, -0.25) is 9.59 Å². The first-order chi connectivity index (χ1) is 15.1. The van der Waals surface area contributed by atoms with Crippen LogP contribution in [0.4, 0.5) is 5.69 Å². The van der Waals surface area contributed by atoms with Crippen LogP contribution in [0.2, 0.25) is 5.02 Å². The second-order valence-corrected chi connectivity index (χ2v) is 7.81. The summed E-state index contributed by atoms with van der Waals surface area (Å²) in [7, 11) is 0. The van der Waals surface area contributed by atoms with E-state index in [9.17, 15) is 9.59 Å². The molecule has 31 heavy (non-hydrogen) atoms. The van der Waals surface area contributed by atoms with Crippen molar-refractivity contribution >= 4 is 29.1 Å². The van der Waals surface area contributed by atoms with Gasteiger partial charge >= 0.3 is 0 Å². The molecule has 4 rings (SSSR count). The number of carbonyl (C=O) groups excluding carboxylic acids is 2. The maximum atomic E-state index is 13.6. The van der Waals surface area contributed by atoms with Crippen LogP contribution in [0.3, 0.4) is 0 Å². The molecule has 0 radical (unpaired) electrons. The third kappa shape index (κ3) is 5.06. The van der Waals surface area contributed by atoms with E-state index in [1.165, 1.54) is 0 Å². The number of amides is 2. The fourth-order valence-electron chi connectivity index (χ4n) is 3.73. The van der Waals surface area contributed by atoms with Gasteiger partial charge in [0.25, 0.3) is 11.8 Å². The fraction of sp³-hybridized carbons (Fsp3) is 0.200. The summed E-state index contributed by atoms with van der Waals surface area (Å²) < 4.78 is 5.55. The molecule has 0 spiro atoms. The third-order valence-electron chi connectivity index (χ3n) is 5.25. The van der Waals surface area contributed by atoms with Crippen LogP contribution in [-0.2, 0) is 16.0 Å². The van der Waals surface area contributed by atoms with Crippen LogP contribution in [0, 0.1) is 0 Å². The van der Waals surface area contributed by atoms with Crippen molar-refractivity contribution < 1.29 is 14.3 Å². The first-order valence-electron chi connectivity index (χ1n) is 10.2. The molecule has 1 unspecified atom stereocenters. The lowest BCUT2D eigenvalue weighted by molar-refractivity contribution is -0.129. The Morgan fingerprint density at radius 1 is 0.968 bits per heavy atom. The van der Waals surface area contributed by atoms with Crippen molar-refractivity contribution in [3.8, 4) is 5.75 Å². The Kier molecular flexibility index (Phi) is 6.53. The van der Waals surface area contributed by atoms with Gasteiger partial charge in [-0.15, -0.1) is 0 Å². The van der Waals surface area contributed by atoms with E-state index in [-0.39, 0.29) is 18.4 Å². The molecule has 1 atom stereocenters. The van der Waals surface area contributed by atoms with Crippen LogP contribution < -0.4 is 15.0 Å². The zero-order valence-electron chi connectivity index (χ0n) is 17.0. The van der Waals surface area contributed by atoms with Crippen molar-refractivity contribution in [1.29, 1.82) is 0 Å². The molecule has 1 N–H and O–H groups in total. The molecule has 3 aromatic rings. The van der Waals surface area contributed by atoms with Gasteiger partial charge in [0.2, 0.25) is 0 Å². The monoisotopic (exact) mass is 434 g/mol. The topological polar surface area (TPSA) is 58.6 Å². The predicted molar refractivity (Wildman–Crippen MR) is 121 cm³/mol. The molecule has 0 aliphatic carbocycles. The van der Waals surface area contributed by atoms with Crippen molar-refractivity contribution in [3.05, 3.63) is 95.0 Å². The number of fused-ring (bicyclic) bond motifs is 1. The quantitative estimate of drug-likeness (QED) is 0.619. The number of hydrogen-bond donors (Lipinski definition) is 1. The normalized spacial score (nSPS) is 13.8. The lowest BCUT2D eigenvalue weighted by Gasteiger charge is -2.32. The molecular weight excluding hydrogens is 412 g/mol. The van der Waals surface area contributed by atoms with Gasteiger partial charge in [-0.05, 0) is 54.3 Å². The molecule has 1 aliphatic heterocycles. The van der Waals surface area contributed by atoms with Crippen LogP contribution in [0.15, 0.2) is 78.9 Å². The van der Waals surface area contributed by atoms with E-state index in [2.05, 4.69) is 5.32 Å². The second-order valence-electron chi connectivity index (χ2n) is 7.38. The van der Waals surface area contributed by atoms with Crippen LogP contribution in [0.1, 0.15) is 23.6 Å². The molecule has 0 aromatic heterocycles. The number of hydrogen-bond acceptors (Lipinski definition) is 3. The summed E-state index contributed by atoms with van der Waals surface area (Å²) in [5.74, 6) is 0.00716. The van der Waals surface area contributed by atoms with Gasteiger partial charge in [0, 0.05) is 17.3 Å². The summed E-state index contributed by atoms with van der Waals surface area (Å²) in [5.41, 5.74) is 2.79. The standard InChI is InChI=1S/C25H23ClN2O3/c26-20-12-14-21(15-13-20)31-17-23(29)27-24(19-8-2-1-3-9-19)25(30)28-16-6-10-18-7-4-5-11-22(18)28/h1-5,7-9,11-15,24H,6,10,16-17H2,(H,27,29). The summed E-state index contributed by atoms with van der Waals surface area (Å²) in [5, 5.41) is 3.45. The van der Waals surface area contributed by atoms with Crippen LogP contribution in [0.5, 0.6) is 5.75 Å². The molecule has 0 bridgehead atoms. The minimum absolute atomic E-state index is 0.154. The molecule has 6 heteroatoms. The molecule has 3 aromatic carbocycles. The van der Waals surface area contributed by atoms with Gasteiger partial charge in [0.05, 0.1) is 0 Å². The number of benzene rings is 3. The maximum absolute atomic E-state index is 13.6. The Hall–Kier alpha value is -3.31. The Morgan fingerprint density at radius 2 is 1.68 bits per heavy atom. The van der Waals surface area contributed by atoms with Crippen molar-refractivity contribution in [2.45, 2.75) is 18.9 Å². The Balaban J connectivity index is 1.52. The number of rotatable bonds is 6. The Labute approximate surface area is 186 Å². The second kappa shape index (κ2) is 9.67. The van der Waals surface area contributed by atoms with Gasteiger partial charge in [-0.25, -0.2) is 0 Å². The molecule has 1 heterocycles. The number of nitrogens with zero attached hydrogens (tertiary/aromatic N) is 1. The van der Waals surface area contributed by atoms with Crippen LogP contribution in [0.25, 0.3) is 0 Å². The number of aryl methyl sites for hydroxylation is 1. The van der Waals surface area contributed by atoms with E-state index in [0.29, 0.717) is 17.3 Å². The molecule has 158 valence electrons. The summed E-state index contributed by atoms with van der Waals surface area (Å²) in [6.07, 6.45) is 1.83. The number of anilines is 1. The fourth-order valence-corrected chi connectivity index (χ4v) is 3.86. The minimum Gasteiger partial charge on any atom is -0.484 e. The van der Waals surface area contributed by atoms with Gasteiger partial charge in [0.15, 0.2) is 6.61 Å². The van der Waals surface area contributed by atoms with Gasteiger partial charge < -0.3 is 15.0 Å². The molecule has 0 saturated carbocycles. The lowest BCUT2D eigenvalue weighted by Crippen LogP contribution is -2.46. The van der Waals surface area contributed by atoms with Crippen LogP contribution >= 0.6 is 11.6 Å². The third-order valence-corrected chi connectivity index (χ3v) is 5.50. The van der Waals surface area contributed by atoms with Gasteiger partial charge in [0.1, 0.15) is 11.8 Å². The number of carbonyl (C=O) groups is 2. The molecule has 0 fully saturated rings. The average Bonchev–Trinajstić information content (AvgIpc) is 2.82. The van der Waals surface area contributed by atoms with E-state index in [1.807, 2.05) is 54.6 Å². The maximum Gasteiger partial charge on any atom is 0.258 e. The summed E-state index contributed by atoms with van der Waals surface area (Å²) in [4.78, 5) is 28.0. The number of para-hydroxylation sites is 1. The van der Waals surface area contributed by atoms with Crippen molar-refractivity contribution in [2.24, 2.45) is 0 Å². The van der Waals surface area contributed by atoms with Crippen molar-refractivity contribution in [3.63, 3.8) is 0 Å². The first-order valence-corrected chi connectivity index (χ1v) is 10.6. The van der Waals surface area contributed by atoms with E-state index < -0.39 is 6.04 Å². The Morgan fingerprint density at radius 3 is 2.45 bits per heavy atom. The summed E-state index contributed by atoms with van der Waals surface area (Å²) >= 11 is 5.88. The number of nitrogens with one attached hydrogen (secondary N) is 1. The zero-order chi connectivity index (χ0) is 21.6. The first kappa shape index (κ1) is 20.9. The average molecular weight is 435 g/mol. The summed E-state index contributed by atoms with van der Waals surface area (Å²) in [6, 6.07) is 23.2. The number of ether oxygens (including phenoxy) is 1. The molecule has 1 aliphatic rings. The number of halogens is 1. The smallest absolute Gasteiger partial charge is 0.258 e. The largest absolute Gasteiger partial charge is 0.484 e. The minimum atomic E-state index is -0.798. The summed E-state index contributed by atoms with van der Waals surface area (Å²) in [6.45, 7) is 0.422. The van der Waals surface area contributed by atoms with E-state index in [0.717, 1.165) is 29.7 Å². The Bertz CT molecular complexity index is 1050. The molecule has 2 amide bonds. The van der Waals surface area contributed by atoms with Crippen molar-refractivity contribution in [1.82, 2.24) is 5.32 Å². The predicted octanol–water partition coefficient (Wildman–Crippen LogP) is 4.56. The van der Waals surface area contributed by atoms with Gasteiger partial charge in [-0.2, -0.15) is 0 Å². The van der Waals surface area contributed by atoms with Crippen LogP contribution in [-0.4, -0.2) is 25.0 Å². The highest BCUT2D eigenvalue weighted by Gasteiger charge is 2.30. The highest BCUT2D eigenvalue weighted by molar-refractivity contribution is 6.30. The lowest BCUT2D eigenvalue weighted by atomic mass is 9.99. The molecular formula is C25H23ClN2O3. The highest BCUT2D eigenvalue weighted by atomic mass is 35.5.